The number of carbonyl (C=O) groups is 1. The molecule has 0 saturated carbocycles. The van der Waals surface area contributed by atoms with E-state index >= 15 is 0 Å². The van der Waals surface area contributed by atoms with Crippen molar-refractivity contribution in [1.82, 2.24) is 15.3 Å². The number of H-pyrrole nitrogens is 1. The normalized spacial score (nSPS) is 14.9. The lowest BCUT2D eigenvalue weighted by atomic mass is 10.0. The monoisotopic (exact) mass is 409 g/mol. The van der Waals surface area contributed by atoms with Crippen LogP contribution >= 0.6 is 11.3 Å². The van der Waals surface area contributed by atoms with Crippen molar-refractivity contribution in [3.8, 4) is 0 Å². The molecule has 1 aliphatic rings. The minimum absolute atomic E-state index is 0.0162. The number of aromatic nitrogens is 2. The molecule has 0 bridgehead atoms. The first-order chi connectivity index (χ1) is 14.1. The van der Waals surface area contributed by atoms with Crippen LogP contribution in [-0.4, -0.2) is 22.4 Å². The molecule has 0 fully saturated rings. The minimum atomic E-state index is -0.0532. The van der Waals surface area contributed by atoms with Gasteiger partial charge in [-0.3, -0.25) is 9.59 Å². The van der Waals surface area contributed by atoms with Gasteiger partial charge in [-0.15, -0.1) is 11.3 Å². The first kappa shape index (κ1) is 19.8. The summed E-state index contributed by atoms with van der Waals surface area (Å²) in [6.07, 6.45) is 6.34. The minimum Gasteiger partial charge on any atom is -0.355 e. The lowest BCUT2D eigenvalue weighted by Gasteiger charge is -2.13. The molecule has 4 rings (SSSR count). The maximum atomic E-state index is 12.7. The third-order valence-electron chi connectivity index (χ3n) is 5.69. The molecule has 1 atom stereocenters. The summed E-state index contributed by atoms with van der Waals surface area (Å²) in [4.78, 5) is 34.7. The molecule has 1 amide bonds. The largest absolute Gasteiger partial charge is 0.355 e. The SMILES string of the molecule is CC(CNC(=O)CCc1nc2sc3c(c2c(=O)[nH]1)CCCCC3)c1ccccc1. The van der Waals surface area contributed by atoms with Gasteiger partial charge in [0, 0.05) is 24.3 Å². The van der Waals surface area contributed by atoms with E-state index in [9.17, 15) is 9.59 Å². The van der Waals surface area contributed by atoms with Crippen LogP contribution in [0.1, 0.15) is 60.4 Å². The highest BCUT2D eigenvalue weighted by Crippen LogP contribution is 2.32. The zero-order chi connectivity index (χ0) is 20.2. The molecule has 152 valence electrons. The molecule has 6 heteroatoms. The van der Waals surface area contributed by atoms with Crippen molar-refractivity contribution in [1.29, 1.82) is 0 Å². The summed E-state index contributed by atoms with van der Waals surface area (Å²) in [5.41, 5.74) is 2.36. The van der Waals surface area contributed by atoms with Crippen LogP contribution in [0.4, 0.5) is 0 Å². The Balaban J connectivity index is 1.38. The molecule has 29 heavy (non-hydrogen) atoms. The Labute approximate surface area is 174 Å². The van der Waals surface area contributed by atoms with Gasteiger partial charge in [0.25, 0.3) is 5.56 Å². The van der Waals surface area contributed by atoms with E-state index in [1.807, 2.05) is 18.2 Å². The Morgan fingerprint density at radius 3 is 2.83 bits per heavy atom. The number of amides is 1. The number of benzene rings is 1. The predicted molar refractivity (Wildman–Crippen MR) is 118 cm³/mol. The lowest BCUT2D eigenvalue weighted by molar-refractivity contribution is -0.121. The van der Waals surface area contributed by atoms with E-state index in [4.69, 9.17) is 0 Å². The molecule has 0 aliphatic heterocycles. The average molecular weight is 410 g/mol. The second-order valence-electron chi connectivity index (χ2n) is 7.87. The molecular formula is C23H27N3O2S. The van der Waals surface area contributed by atoms with Gasteiger partial charge in [0.15, 0.2) is 0 Å². The second-order valence-corrected chi connectivity index (χ2v) is 8.96. The third-order valence-corrected chi connectivity index (χ3v) is 6.87. The molecule has 1 aromatic carbocycles. The number of nitrogens with zero attached hydrogens (tertiary/aromatic N) is 1. The third kappa shape index (κ3) is 4.58. The quantitative estimate of drug-likeness (QED) is 0.602. The molecule has 2 N–H and O–H groups in total. The van der Waals surface area contributed by atoms with Gasteiger partial charge in [-0.2, -0.15) is 0 Å². The van der Waals surface area contributed by atoms with Crippen LogP contribution in [0, 0.1) is 0 Å². The van der Waals surface area contributed by atoms with Crippen LogP contribution in [0.15, 0.2) is 35.1 Å². The van der Waals surface area contributed by atoms with Crippen molar-refractivity contribution in [2.45, 2.75) is 57.8 Å². The highest BCUT2D eigenvalue weighted by Gasteiger charge is 2.19. The van der Waals surface area contributed by atoms with Gasteiger partial charge in [0.1, 0.15) is 10.7 Å². The van der Waals surface area contributed by atoms with Gasteiger partial charge < -0.3 is 10.3 Å². The van der Waals surface area contributed by atoms with E-state index in [1.54, 1.807) is 11.3 Å². The van der Waals surface area contributed by atoms with Crippen LogP contribution < -0.4 is 10.9 Å². The summed E-state index contributed by atoms with van der Waals surface area (Å²) in [5.74, 6) is 0.846. The Hall–Kier alpha value is -2.47. The Kier molecular flexibility index (Phi) is 6.09. The van der Waals surface area contributed by atoms with E-state index in [0.29, 0.717) is 25.2 Å². The average Bonchev–Trinajstić information content (AvgIpc) is 2.93. The molecule has 3 aromatic rings. The number of carbonyl (C=O) groups excluding carboxylic acids is 1. The molecule has 2 heterocycles. The fourth-order valence-electron chi connectivity index (χ4n) is 3.99. The van der Waals surface area contributed by atoms with Crippen LogP contribution in [0.5, 0.6) is 0 Å². The number of thiophene rings is 1. The van der Waals surface area contributed by atoms with Gasteiger partial charge in [0.2, 0.25) is 5.91 Å². The zero-order valence-electron chi connectivity index (χ0n) is 16.8. The van der Waals surface area contributed by atoms with E-state index in [1.165, 1.54) is 28.8 Å². The van der Waals surface area contributed by atoms with Gasteiger partial charge in [0.05, 0.1) is 5.39 Å². The van der Waals surface area contributed by atoms with Crippen LogP contribution in [0.25, 0.3) is 10.2 Å². The van der Waals surface area contributed by atoms with E-state index in [2.05, 4.69) is 34.3 Å². The summed E-state index contributed by atoms with van der Waals surface area (Å²) in [5, 5.41) is 3.77. The molecule has 2 aromatic heterocycles. The molecule has 5 nitrogen and oxygen atoms in total. The first-order valence-electron chi connectivity index (χ1n) is 10.5. The van der Waals surface area contributed by atoms with E-state index in [-0.39, 0.29) is 17.4 Å². The van der Waals surface area contributed by atoms with Gasteiger partial charge in [-0.25, -0.2) is 4.98 Å². The van der Waals surface area contributed by atoms with Crippen molar-refractivity contribution in [3.63, 3.8) is 0 Å². The molecule has 0 saturated heterocycles. The Morgan fingerprint density at radius 1 is 1.21 bits per heavy atom. The van der Waals surface area contributed by atoms with Crippen LogP contribution in [0.2, 0.25) is 0 Å². The summed E-state index contributed by atoms with van der Waals surface area (Å²) in [6, 6.07) is 10.2. The van der Waals surface area contributed by atoms with Gasteiger partial charge >= 0.3 is 0 Å². The van der Waals surface area contributed by atoms with Crippen LogP contribution in [0.3, 0.4) is 0 Å². The topological polar surface area (TPSA) is 74.8 Å². The fraction of sp³-hybridized carbons (Fsp3) is 0.435. The predicted octanol–water partition coefficient (Wildman–Crippen LogP) is 4.11. The van der Waals surface area contributed by atoms with Gasteiger partial charge in [-0.1, -0.05) is 43.7 Å². The number of aryl methyl sites for hydroxylation is 3. The second kappa shape index (κ2) is 8.91. The highest BCUT2D eigenvalue weighted by atomic mass is 32.1. The van der Waals surface area contributed by atoms with Crippen molar-refractivity contribution in [2.24, 2.45) is 0 Å². The first-order valence-corrected chi connectivity index (χ1v) is 11.3. The zero-order valence-corrected chi connectivity index (χ0v) is 17.6. The number of hydrogen-bond acceptors (Lipinski definition) is 4. The van der Waals surface area contributed by atoms with Crippen molar-refractivity contribution >= 4 is 27.5 Å². The number of fused-ring (bicyclic) bond motifs is 3. The Bertz CT molecular complexity index is 1060. The number of aromatic amines is 1. The highest BCUT2D eigenvalue weighted by molar-refractivity contribution is 7.18. The summed E-state index contributed by atoms with van der Waals surface area (Å²) in [6.45, 7) is 2.70. The van der Waals surface area contributed by atoms with E-state index < -0.39 is 0 Å². The molecule has 0 radical (unpaired) electrons. The standard InChI is InChI=1S/C23H27N3O2S/c1-15(16-8-4-2-5-9-16)14-24-20(27)13-12-19-25-22(28)21-17-10-6-3-7-11-18(17)29-23(21)26-19/h2,4-5,8-9,15H,3,6-7,10-14H2,1H3,(H,24,27)(H,25,26,28). The number of rotatable bonds is 6. The van der Waals surface area contributed by atoms with Gasteiger partial charge in [-0.05, 0) is 42.7 Å². The Morgan fingerprint density at radius 2 is 2.00 bits per heavy atom. The maximum Gasteiger partial charge on any atom is 0.259 e. The molecule has 1 aliphatic carbocycles. The molecular weight excluding hydrogens is 382 g/mol. The van der Waals surface area contributed by atoms with Crippen molar-refractivity contribution in [2.75, 3.05) is 6.54 Å². The maximum absolute atomic E-state index is 12.7. The fourth-order valence-corrected chi connectivity index (χ4v) is 5.27. The lowest BCUT2D eigenvalue weighted by Crippen LogP contribution is -2.28. The van der Waals surface area contributed by atoms with Crippen molar-refractivity contribution in [3.05, 3.63) is 62.5 Å². The summed E-state index contributed by atoms with van der Waals surface area (Å²) in [7, 11) is 0. The number of nitrogens with one attached hydrogen (secondary N) is 2. The molecule has 1 unspecified atom stereocenters. The molecule has 0 spiro atoms. The van der Waals surface area contributed by atoms with Crippen LogP contribution in [-0.2, 0) is 24.1 Å². The smallest absolute Gasteiger partial charge is 0.259 e. The summed E-state index contributed by atoms with van der Waals surface area (Å²) >= 11 is 1.66. The van der Waals surface area contributed by atoms with Crippen molar-refractivity contribution < 1.29 is 4.79 Å². The van der Waals surface area contributed by atoms with E-state index in [0.717, 1.165) is 29.5 Å². The number of hydrogen-bond donors (Lipinski definition) is 2. The summed E-state index contributed by atoms with van der Waals surface area (Å²) < 4.78 is 0.